The maximum absolute atomic E-state index is 5.36. The predicted octanol–water partition coefficient (Wildman–Crippen LogP) is 0.658. The van der Waals surface area contributed by atoms with E-state index in [0.29, 0.717) is 4.21 Å². The van der Waals surface area contributed by atoms with Crippen LogP contribution in [0.3, 0.4) is 0 Å². The summed E-state index contributed by atoms with van der Waals surface area (Å²) in [5.41, 5.74) is 5.36. The van der Waals surface area contributed by atoms with E-state index in [0.717, 1.165) is 25.1 Å². The van der Waals surface area contributed by atoms with Gasteiger partial charge in [0.05, 0.1) is 0 Å². The molecule has 0 aliphatic carbocycles. The molecule has 1 aromatic rings. The van der Waals surface area contributed by atoms with Crippen molar-refractivity contribution in [1.82, 2.24) is 0 Å². The minimum absolute atomic E-state index is 0.547. The first-order valence-electron chi connectivity index (χ1n) is 2.81. The van der Waals surface area contributed by atoms with Crippen molar-refractivity contribution in [2.24, 2.45) is 5.73 Å². The molecule has 0 saturated carbocycles. The number of nitrogens with two attached hydrogens (primary N) is 1. The van der Waals surface area contributed by atoms with Gasteiger partial charge in [-0.1, -0.05) is 0 Å². The van der Waals surface area contributed by atoms with Crippen LogP contribution in [0, 0.1) is 0 Å². The second kappa shape index (κ2) is 3.64. The van der Waals surface area contributed by atoms with Crippen LogP contribution in [0.1, 0.15) is 0 Å². The number of benzene rings is 1. The molecule has 0 atom stereocenters. The van der Waals surface area contributed by atoms with E-state index in [1.807, 2.05) is 30.3 Å². The normalized spacial score (nSPS) is 8.90. The van der Waals surface area contributed by atoms with Gasteiger partial charge < -0.3 is 0 Å². The van der Waals surface area contributed by atoms with Crippen LogP contribution in [0.2, 0.25) is 0 Å². The zero-order chi connectivity index (χ0) is 7.40. The summed E-state index contributed by atoms with van der Waals surface area (Å²) in [5, 5.41) is 0. The minimum atomic E-state index is 0.547. The number of para-hydroxylation sites is 1. The van der Waals surface area contributed by atoms with Crippen LogP contribution >= 0.6 is 0 Å². The SMILES string of the molecule is N[C](=[W])Oc1ccccc1. The number of rotatable bonds is 2. The molecule has 0 bridgehead atoms. The van der Waals surface area contributed by atoms with Crippen LogP contribution < -0.4 is 10.5 Å². The van der Waals surface area contributed by atoms with E-state index in [2.05, 4.69) is 0 Å². The molecule has 0 aliphatic heterocycles. The summed E-state index contributed by atoms with van der Waals surface area (Å²) in [7, 11) is 0. The van der Waals surface area contributed by atoms with Gasteiger partial charge in [-0.05, 0) is 0 Å². The summed E-state index contributed by atoms with van der Waals surface area (Å²) in [6.07, 6.45) is 0. The summed E-state index contributed by atoms with van der Waals surface area (Å²) in [4.78, 5) is 0. The average molecular weight is 305 g/mol. The molecule has 0 aliphatic rings. The van der Waals surface area contributed by atoms with Crippen LogP contribution in [0.5, 0.6) is 5.75 Å². The van der Waals surface area contributed by atoms with Gasteiger partial charge in [0, 0.05) is 0 Å². The third-order valence-electron chi connectivity index (χ3n) is 0.962. The molecule has 3 heteroatoms. The molecule has 0 aromatic heterocycles. The van der Waals surface area contributed by atoms with E-state index < -0.39 is 0 Å². The van der Waals surface area contributed by atoms with Gasteiger partial charge in [-0.15, -0.1) is 0 Å². The van der Waals surface area contributed by atoms with Crippen molar-refractivity contribution in [3.05, 3.63) is 30.3 Å². The molecular weight excluding hydrogens is 298 g/mol. The standard InChI is InChI=1S/C7H7NO.W/c8-6-9-7-4-2-1-3-5-7;/h1-5H,8H2;. The van der Waals surface area contributed by atoms with Crippen LogP contribution in [-0.4, -0.2) is 4.21 Å². The molecule has 2 nitrogen and oxygen atoms in total. The van der Waals surface area contributed by atoms with Gasteiger partial charge in [0.15, 0.2) is 0 Å². The van der Waals surface area contributed by atoms with E-state index >= 15 is 0 Å². The molecule has 52 valence electrons. The zero-order valence-corrected chi connectivity index (χ0v) is 8.21. The van der Waals surface area contributed by atoms with Crippen LogP contribution in [0.4, 0.5) is 0 Å². The van der Waals surface area contributed by atoms with Crippen molar-refractivity contribution in [3.63, 3.8) is 0 Å². The van der Waals surface area contributed by atoms with Crippen molar-refractivity contribution >= 4 is 4.21 Å². The Balaban J connectivity index is 2.67. The predicted molar refractivity (Wildman–Crippen MR) is 36.3 cm³/mol. The molecule has 0 saturated heterocycles. The number of hydrogen-bond acceptors (Lipinski definition) is 2. The van der Waals surface area contributed by atoms with E-state index in [1.165, 1.54) is 0 Å². The van der Waals surface area contributed by atoms with Gasteiger partial charge >= 0.3 is 70.1 Å². The molecule has 0 radical (unpaired) electrons. The molecule has 2 N–H and O–H groups in total. The first kappa shape index (κ1) is 7.64. The molecule has 0 spiro atoms. The molecule has 0 heterocycles. The Morgan fingerprint density at radius 1 is 1.30 bits per heavy atom. The molecule has 0 fully saturated rings. The van der Waals surface area contributed by atoms with E-state index in [-0.39, 0.29) is 0 Å². The summed E-state index contributed by atoms with van der Waals surface area (Å²) >= 11 is 1.15. The zero-order valence-electron chi connectivity index (χ0n) is 5.28. The molecule has 10 heavy (non-hydrogen) atoms. The van der Waals surface area contributed by atoms with Gasteiger partial charge in [0.1, 0.15) is 0 Å². The van der Waals surface area contributed by atoms with Crippen molar-refractivity contribution in [2.75, 3.05) is 0 Å². The van der Waals surface area contributed by atoms with Gasteiger partial charge in [-0.25, -0.2) is 0 Å². The summed E-state index contributed by atoms with van der Waals surface area (Å²) in [6, 6.07) is 9.50. The first-order chi connectivity index (χ1) is 4.79. The second-order valence-corrected chi connectivity index (χ2v) is 3.18. The van der Waals surface area contributed by atoms with Gasteiger partial charge in [-0.3, -0.25) is 0 Å². The summed E-state index contributed by atoms with van der Waals surface area (Å²) < 4.78 is 5.69. The van der Waals surface area contributed by atoms with Crippen molar-refractivity contribution in [1.29, 1.82) is 0 Å². The summed E-state index contributed by atoms with van der Waals surface area (Å²) in [6.45, 7) is 0. The second-order valence-electron chi connectivity index (χ2n) is 1.73. The van der Waals surface area contributed by atoms with Crippen LogP contribution in [0.15, 0.2) is 30.3 Å². The summed E-state index contributed by atoms with van der Waals surface area (Å²) in [5.74, 6) is 0.801. The third kappa shape index (κ3) is 2.42. The Morgan fingerprint density at radius 3 is 2.40 bits per heavy atom. The fourth-order valence-corrected chi connectivity index (χ4v) is 0.950. The van der Waals surface area contributed by atoms with Gasteiger partial charge in [0.25, 0.3) is 0 Å². The van der Waals surface area contributed by atoms with Crippen LogP contribution in [0.25, 0.3) is 0 Å². The number of ether oxygens (including phenoxy) is 1. The molecule has 0 unspecified atom stereocenters. The molecule has 0 amide bonds. The van der Waals surface area contributed by atoms with Crippen molar-refractivity contribution < 1.29 is 24.1 Å². The Morgan fingerprint density at radius 2 is 1.90 bits per heavy atom. The van der Waals surface area contributed by atoms with E-state index in [1.54, 1.807) is 0 Å². The van der Waals surface area contributed by atoms with Crippen molar-refractivity contribution in [2.45, 2.75) is 0 Å². The first-order valence-corrected chi connectivity index (χ1v) is 4.28. The fraction of sp³-hybridized carbons (Fsp3) is 0. The topological polar surface area (TPSA) is 35.2 Å². The monoisotopic (exact) mass is 305 g/mol. The fourth-order valence-electron chi connectivity index (χ4n) is 0.605. The quantitative estimate of drug-likeness (QED) is 0.871. The average Bonchev–Trinajstić information content (AvgIpc) is 1.88. The van der Waals surface area contributed by atoms with Crippen LogP contribution in [-0.2, 0) is 19.4 Å². The Hall–Kier alpha value is -0.462. The van der Waals surface area contributed by atoms with Crippen molar-refractivity contribution in [3.8, 4) is 5.75 Å². The van der Waals surface area contributed by atoms with Gasteiger partial charge in [0.2, 0.25) is 0 Å². The third-order valence-corrected chi connectivity index (χ3v) is 1.26. The molecule has 1 aromatic carbocycles. The van der Waals surface area contributed by atoms with Gasteiger partial charge in [-0.2, -0.15) is 0 Å². The molecule has 1 rings (SSSR count). The Labute approximate surface area is 70.4 Å². The Bertz CT molecular complexity index is 222. The number of hydrogen-bond donors (Lipinski definition) is 1. The van der Waals surface area contributed by atoms with E-state index in [9.17, 15) is 0 Å². The van der Waals surface area contributed by atoms with E-state index in [4.69, 9.17) is 10.5 Å². The Kier molecular flexibility index (Phi) is 2.79. The molecular formula is C7H7NOW. The maximum atomic E-state index is 5.36.